The van der Waals surface area contributed by atoms with Crippen molar-refractivity contribution in [1.29, 1.82) is 0 Å². The van der Waals surface area contributed by atoms with Gasteiger partial charge in [-0.15, -0.1) is 48.5 Å². The molecule has 0 aliphatic heterocycles. The Labute approximate surface area is 252 Å². The van der Waals surface area contributed by atoms with Gasteiger partial charge in [0.1, 0.15) is 0 Å². The third-order valence-corrected chi connectivity index (χ3v) is 5.69. The van der Waals surface area contributed by atoms with Crippen LogP contribution in [-0.4, -0.2) is 24.1 Å². The van der Waals surface area contributed by atoms with Crippen molar-refractivity contribution in [2.45, 2.75) is 0 Å². The number of benzene rings is 3. The van der Waals surface area contributed by atoms with Crippen molar-refractivity contribution < 1.29 is 28.9 Å². The van der Waals surface area contributed by atoms with E-state index in [2.05, 4.69) is 27.1 Å². The summed E-state index contributed by atoms with van der Waals surface area (Å²) in [6.07, 6.45) is 10.6. The molecule has 0 fully saturated rings. The maximum absolute atomic E-state index is 13.2. The Bertz CT molecular complexity index is 1610. The second-order valence-electron chi connectivity index (χ2n) is 8.53. The summed E-state index contributed by atoms with van der Waals surface area (Å²) in [7, 11) is 3.95. The molecule has 0 bridgehead atoms. The van der Waals surface area contributed by atoms with Crippen LogP contribution in [0, 0.1) is 30.3 Å². The van der Waals surface area contributed by atoms with Crippen LogP contribution in [0.2, 0.25) is 0 Å². The van der Waals surface area contributed by atoms with E-state index in [1.54, 1.807) is 42.9 Å². The molecule has 41 heavy (non-hydrogen) atoms. The number of nitrogens with zero attached hydrogens (tertiary/aromatic N) is 5. The Morgan fingerprint density at radius 3 is 1.83 bits per heavy atom. The Balaban J connectivity index is 0.000000179. The second-order valence-corrected chi connectivity index (χ2v) is 8.53. The van der Waals surface area contributed by atoms with Crippen LogP contribution in [0.4, 0.5) is 8.78 Å². The topological polar surface area (TPSA) is 48.5 Å². The largest absolute Gasteiger partial charge is 3.00 e. The second kappa shape index (κ2) is 15.3. The molecule has 8 heteroatoms. The fourth-order valence-electron chi connectivity index (χ4n) is 3.70. The molecule has 0 aliphatic carbocycles. The first-order valence-electron chi connectivity index (χ1n) is 12.3. The number of imidazole rings is 2. The predicted molar refractivity (Wildman–Crippen MR) is 153 cm³/mol. The first-order valence-corrected chi connectivity index (χ1v) is 12.3. The van der Waals surface area contributed by atoms with Gasteiger partial charge in [-0.3, -0.25) is 25.3 Å². The van der Waals surface area contributed by atoms with Crippen molar-refractivity contribution >= 4 is 6.08 Å². The van der Waals surface area contributed by atoms with E-state index in [9.17, 15) is 8.78 Å². The number of aromatic nitrogens is 5. The zero-order chi connectivity index (χ0) is 28.3. The summed E-state index contributed by atoms with van der Waals surface area (Å²) in [5.41, 5.74) is 3.65. The van der Waals surface area contributed by atoms with Gasteiger partial charge in [0.15, 0.2) is 0 Å². The summed E-state index contributed by atoms with van der Waals surface area (Å²) >= 11 is 0. The molecule has 3 aromatic carbocycles. The maximum atomic E-state index is 13.2. The van der Waals surface area contributed by atoms with Gasteiger partial charge in [0.2, 0.25) is 0 Å². The zero-order valence-electron chi connectivity index (χ0n) is 22.4. The zero-order valence-corrected chi connectivity index (χ0v) is 24.8. The Morgan fingerprint density at radius 2 is 1.37 bits per heavy atom. The summed E-state index contributed by atoms with van der Waals surface area (Å²) < 4.78 is 29.8. The van der Waals surface area contributed by atoms with Gasteiger partial charge in [-0.1, -0.05) is 53.1 Å². The first kappa shape index (κ1) is 31.0. The van der Waals surface area contributed by atoms with Crippen molar-refractivity contribution in [2.24, 2.45) is 14.1 Å². The number of hydrogen-bond donors (Lipinski definition) is 0. The Hall–Kier alpha value is -4.52. The summed E-state index contributed by atoms with van der Waals surface area (Å²) in [6, 6.07) is 28.7. The SMILES string of the molecule is Cn1ccnc1-c1[c-]c(-c2nccn2C)ccc1.Fc1c[c-]c(-c2ccccn2)c(F)c1.[CH-]=Cc1ccccc1.[Ir+3]. The van der Waals surface area contributed by atoms with Gasteiger partial charge in [0.05, 0.1) is 11.6 Å². The predicted octanol–water partition coefficient (Wildman–Crippen LogP) is 7.25. The molecule has 0 spiro atoms. The van der Waals surface area contributed by atoms with E-state index < -0.39 is 11.6 Å². The molecule has 206 valence electrons. The normalized spacial score (nSPS) is 9.85. The van der Waals surface area contributed by atoms with Crippen LogP contribution < -0.4 is 0 Å². The molecular weight excluding hydrogens is 697 g/mol. The molecule has 0 unspecified atom stereocenters. The molecule has 0 N–H and O–H groups in total. The molecule has 0 aliphatic rings. The van der Waals surface area contributed by atoms with E-state index >= 15 is 0 Å². The fourth-order valence-corrected chi connectivity index (χ4v) is 3.70. The Kier molecular flexibility index (Phi) is 11.6. The smallest absolute Gasteiger partial charge is 0.365 e. The minimum absolute atomic E-state index is 0. The summed E-state index contributed by atoms with van der Waals surface area (Å²) in [5.74, 6) is 0.531. The third-order valence-electron chi connectivity index (χ3n) is 5.69. The molecule has 0 radical (unpaired) electrons. The minimum atomic E-state index is -0.649. The van der Waals surface area contributed by atoms with Crippen molar-refractivity contribution in [3.05, 3.63) is 146 Å². The van der Waals surface area contributed by atoms with E-state index in [0.29, 0.717) is 5.69 Å². The molecule has 0 saturated carbocycles. The van der Waals surface area contributed by atoms with Gasteiger partial charge < -0.3 is 14.1 Å². The molecule has 0 atom stereocenters. The average molecular weight is 723 g/mol. The standard InChI is InChI=1S/C14H13N4.C11H6F2N.C8H7.Ir/c1-17-8-6-15-13(17)11-4-3-5-12(10-11)14-16-7-9-18(14)2;12-8-4-5-9(10(13)7-8)11-3-1-2-6-14-11;1-2-8-6-4-3-5-7-8;/h3-9H,1-2H3;1-4,6-7H;1-7H;/q3*-1;+3. The van der Waals surface area contributed by atoms with Gasteiger partial charge in [-0.25, -0.2) is 6.08 Å². The van der Waals surface area contributed by atoms with Crippen LogP contribution in [0.25, 0.3) is 40.1 Å². The van der Waals surface area contributed by atoms with Crippen molar-refractivity contribution in [2.75, 3.05) is 0 Å². The van der Waals surface area contributed by atoms with Crippen molar-refractivity contribution in [3.63, 3.8) is 0 Å². The van der Waals surface area contributed by atoms with Crippen LogP contribution in [0.3, 0.4) is 0 Å². The van der Waals surface area contributed by atoms with Crippen LogP contribution >= 0.6 is 0 Å². The number of halogens is 2. The van der Waals surface area contributed by atoms with E-state index in [-0.39, 0.29) is 25.7 Å². The van der Waals surface area contributed by atoms with E-state index in [1.807, 2.05) is 84.2 Å². The van der Waals surface area contributed by atoms with Gasteiger partial charge in [0.25, 0.3) is 0 Å². The molecular formula is C33H26F2IrN5. The van der Waals surface area contributed by atoms with Crippen LogP contribution in [0.1, 0.15) is 5.56 Å². The molecule has 5 nitrogen and oxygen atoms in total. The van der Waals surface area contributed by atoms with Crippen LogP contribution in [0.5, 0.6) is 0 Å². The molecule has 3 heterocycles. The number of pyridine rings is 1. The maximum Gasteiger partial charge on any atom is 3.00 e. The number of hydrogen-bond acceptors (Lipinski definition) is 3. The van der Waals surface area contributed by atoms with Gasteiger partial charge in [-0.05, 0) is 11.8 Å². The summed E-state index contributed by atoms with van der Waals surface area (Å²) in [4.78, 5) is 12.6. The van der Waals surface area contributed by atoms with Crippen LogP contribution in [-0.2, 0) is 34.2 Å². The van der Waals surface area contributed by atoms with Gasteiger partial charge in [-0.2, -0.15) is 5.56 Å². The first-order chi connectivity index (χ1) is 19.5. The third kappa shape index (κ3) is 8.48. The Morgan fingerprint density at radius 1 is 0.756 bits per heavy atom. The summed E-state index contributed by atoms with van der Waals surface area (Å²) in [6.45, 7) is 5.22. The quantitative estimate of drug-likeness (QED) is 0.180. The van der Waals surface area contributed by atoms with Crippen molar-refractivity contribution in [1.82, 2.24) is 24.1 Å². The summed E-state index contributed by atoms with van der Waals surface area (Å²) in [5, 5.41) is 0. The van der Waals surface area contributed by atoms with Gasteiger partial charge >= 0.3 is 20.1 Å². The average Bonchev–Trinajstić information content (AvgIpc) is 3.62. The van der Waals surface area contributed by atoms with Crippen LogP contribution in [0.15, 0.2) is 110 Å². The molecule has 3 aromatic heterocycles. The fraction of sp³-hybridized carbons (Fsp3) is 0.0606. The van der Waals surface area contributed by atoms with Crippen molar-refractivity contribution in [3.8, 4) is 34.0 Å². The van der Waals surface area contributed by atoms with Gasteiger partial charge in [0, 0.05) is 56.7 Å². The van der Waals surface area contributed by atoms with E-state index in [1.165, 1.54) is 0 Å². The molecule has 0 saturated heterocycles. The van der Waals surface area contributed by atoms with E-state index in [0.717, 1.165) is 40.5 Å². The monoisotopic (exact) mass is 723 g/mol. The minimum Gasteiger partial charge on any atom is -0.365 e. The number of rotatable bonds is 4. The molecule has 0 amide bonds. The molecule has 6 rings (SSSR count). The van der Waals surface area contributed by atoms with E-state index in [4.69, 9.17) is 6.58 Å². The number of aryl methyl sites for hydroxylation is 2. The molecule has 6 aromatic rings.